The largest absolute Gasteiger partial charge is 0.494 e. The van der Waals surface area contributed by atoms with Crippen LogP contribution in [-0.4, -0.2) is 13.2 Å². The van der Waals surface area contributed by atoms with Crippen molar-refractivity contribution in [3.63, 3.8) is 0 Å². The Bertz CT molecular complexity index is 299. The summed E-state index contributed by atoms with van der Waals surface area (Å²) in [5.41, 5.74) is 1.32. The molecule has 1 rings (SSSR count). The SMILES string of the molecule is CCCNC(CC)c1cccc(OCC)c1. The quantitative estimate of drug-likeness (QED) is 0.760. The number of ether oxygens (including phenoxy) is 1. The topological polar surface area (TPSA) is 21.3 Å². The van der Waals surface area contributed by atoms with Gasteiger partial charge in [0.1, 0.15) is 5.75 Å². The molecule has 16 heavy (non-hydrogen) atoms. The van der Waals surface area contributed by atoms with Crippen molar-refractivity contribution in [2.24, 2.45) is 0 Å². The molecule has 0 radical (unpaired) electrons. The number of rotatable bonds is 7. The Kier molecular flexibility index (Phi) is 5.94. The van der Waals surface area contributed by atoms with E-state index in [1.807, 2.05) is 13.0 Å². The highest BCUT2D eigenvalue weighted by molar-refractivity contribution is 5.30. The first-order valence-electron chi connectivity index (χ1n) is 6.27. The lowest BCUT2D eigenvalue weighted by Gasteiger charge is -2.17. The fourth-order valence-corrected chi connectivity index (χ4v) is 1.80. The summed E-state index contributed by atoms with van der Waals surface area (Å²) in [7, 11) is 0. The maximum absolute atomic E-state index is 5.52. The molecule has 0 aliphatic heterocycles. The maximum atomic E-state index is 5.52. The predicted molar refractivity (Wildman–Crippen MR) is 68.9 cm³/mol. The summed E-state index contributed by atoms with van der Waals surface area (Å²) in [4.78, 5) is 0. The molecular weight excluding hydrogens is 198 g/mol. The third kappa shape index (κ3) is 3.86. The van der Waals surface area contributed by atoms with Gasteiger partial charge in [0, 0.05) is 6.04 Å². The Morgan fingerprint density at radius 1 is 1.25 bits per heavy atom. The monoisotopic (exact) mass is 221 g/mol. The van der Waals surface area contributed by atoms with Crippen LogP contribution in [0.2, 0.25) is 0 Å². The van der Waals surface area contributed by atoms with Crippen molar-refractivity contribution in [3.05, 3.63) is 29.8 Å². The van der Waals surface area contributed by atoms with Gasteiger partial charge in [0.15, 0.2) is 0 Å². The number of hydrogen-bond acceptors (Lipinski definition) is 2. The molecule has 1 N–H and O–H groups in total. The highest BCUT2D eigenvalue weighted by atomic mass is 16.5. The molecular formula is C14H23NO. The molecule has 0 bridgehead atoms. The van der Waals surface area contributed by atoms with Crippen LogP contribution in [0.15, 0.2) is 24.3 Å². The second-order valence-corrected chi connectivity index (χ2v) is 3.92. The molecule has 2 heteroatoms. The van der Waals surface area contributed by atoms with Crippen LogP contribution in [0, 0.1) is 0 Å². The molecule has 0 amide bonds. The van der Waals surface area contributed by atoms with Gasteiger partial charge in [-0.3, -0.25) is 0 Å². The van der Waals surface area contributed by atoms with Gasteiger partial charge in [-0.15, -0.1) is 0 Å². The van der Waals surface area contributed by atoms with E-state index in [9.17, 15) is 0 Å². The van der Waals surface area contributed by atoms with Crippen molar-refractivity contribution in [2.75, 3.05) is 13.2 Å². The molecule has 0 spiro atoms. The lowest BCUT2D eigenvalue weighted by atomic mass is 10.0. The fourth-order valence-electron chi connectivity index (χ4n) is 1.80. The van der Waals surface area contributed by atoms with E-state index in [0.717, 1.165) is 25.3 Å². The molecule has 1 aromatic rings. The lowest BCUT2D eigenvalue weighted by molar-refractivity contribution is 0.339. The molecule has 0 aliphatic carbocycles. The summed E-state index contributed by atoms with van der Waals surface area (Å²) in [6, 6.07) is 8.83. The molecule has 90 valence electrons. The first kappa shape index (κ1) is 13.0. The van der Waals surface area contributed by atoms with Gasteiger partial charge in [0.05, 0.1) is 6.61 Å². The minimum atomic E-state index is 0.445. The molecule has 0 aliphatic rings. The van der Waals surface area contributed by atoms with Crippen molar-refractivity contribution < 1.29 is 4.74 Å². The smallest absolute Gasteiger partial charge is 0.119 e. The Morgan fingerprint density at radius 3 is 2.69 bits per heavy atom. The van der Waals surface area contributed by atoms with Crippen molar-refractivity contribution in [1.29, 1.82) is 0 Å². The molecule has 2 nitrogen and oxygen atoms in total. The highest BCUT2D eigenvalue weighted by Gasteiger charge is 2.08. The predicted octanol–water partition coefficient (Wildman–Crippen LogP) is 3.54. The second-order valence-electron chi connectivity index (χ2n) is 3.92. The lowest BCUT2D eigenvalue weighted by Crippen LogP contribution is -2.21. The molecule has 1 unspecified atom stereocenters. The van der Waals surface area contributed by atoms with E-state index in [2.05, 4.69) is 37.4 Å². The van der Waals surface area contributed by atoms with Crippen molar-refractivity contribution >= 4 is 0 Å². The Hall–Kier alpha value is -1.02. The number of benzene rings is 1. The maximum Gasteiger partial charge on any atom is 0.119 e. The molecule has 0 fully saturated rings. The van der Waals surface area contributed by atoms with Gasteiger partial charge in [-0.25, -0.2) is 0 Å². The van der Waals surface area contributed by atoms with Gasteiger partial charge in [-0.2, -0.15) is 0 Å². The highest BCUT2D eigenvalue weighted by Crippen LogP contribution is 2.21. The summed E-state index contributed by atoms with van der Waals surface area (Å²) in [6.07, 6.45) is 2.28. The Morgan fingerprint density at radius 2 is 2.06 bits per heavy atom. The normalized spacial score (nSPS) is 12.4. The van der Waals surface area contributed by atoms with Crippen molar-refractivity contribution in [3.8, 4) is 5.75 Å². The summed E-state index contributed by atoms with van der Waals surface area (Å²) in [5, 5.41) is 3.55. The van der Waals surface area contributed by atoms with E-state index in [4.69, 9.17) is 4.74 Å². The molecule has 0 saturated carbocycles. The zero-order chi connectivity index (χ0) is 11.8. The van der Waals surface area contributed by atoms with Crippen LogP contribution in [0.25, 0.3) is 0 Å². The van der Waals surface area contributed by atoms with E-state index < -0.39 is 0 Å². The second kappa shape index (κ2) is 7.29. The van der Waals surface area contributed by atoms with Gasteiger partial charge in [-0.05, 0) is 44.0 Å². The van der Waals surface area contributed by atoms with Gasteiger partial charge in [-0.1, -0.05) is 26.0 Å². The average molecular weight is 221 g/mol. The van der Waals surface area contributed by atoms with E-state index in [0.29, 0.717) is 6.04 Å². The van der Waals surface area contributed by atoms with Gasteiger partial charge in [0.2, 0.25) is 0 Å². The van der Waals surface area contributed by atoms with Crippen LogP contribution >= 0.6 is 0 Å². The van der Waals surface area contributed by atoms with Crippen LogP contribution in [0.1, 0.15) is 45.2 Å². The Balaban J connectivity index is 2.71. The average Bonchev–Trinajstić information content (AvgIpc) is 2.31. The summed E-state index contributed by atoms with van der Waals surface area (Å²) >= 11 is 0. The van der Waals surface area contributed by atoms with Crippen molar-refractivity contribution in [1.82, 2.24) is 5.32 Å². The summed E-state index contributed by atoms with van der Waals surface area (Å²) < 4.78 is 5.52. The summed E-state index contributed by atoms with van der Waals surface area (Å²) in [6.45, 7) is 8.20. The van der Waals surface area contributed by atoms with E-state index in [-0.39, 0.29) is 0 Å². The number of hydrogen-bond donors (Lipinski definition) is 1. The molecule has 1 atom stereocenters. The van der Waals surface area contributed by atoms with E-state index in [1.165, 1.54) is 12.0 Å². The molecule has 1 aromatic carbocycles. The summed E-state index contributed by atoms with van der Waals surface area (Å²) in [5.74, 6) is 0.969. The van der Waals surface area contributed by atoms with Gasteiger partial charge < -0.3 is 10.1 Å². The first-order chi connectivity index (χ1) is 7.81. The van der Waals surface area contributed by atoms with Crippen LogP contribution in [0.3, 0.4) is 0 Å². The minimum absolute atomic E-state index is 0.445. The van der Waals surface area contributed by atoms with E-state index >= 15 is 0 Å². The standard InChI is InChI=1S/C14H23NO/c1-4-10-15-14(5-2)12-8-7-9-13(11-12)16-6-3/h7-9,11,14-15H,4-6,10H2,1-3H3. The zero-order valence-corrected chi connectivity index (χ0v) is 10.6. The fraction of sp³-hybridized carbons (Fsp3) is 0.571. The Labute approximate surface area is 99.0 Å². The van der Waals surface area contributed by atoms with Crippen LogP contribution < -0.4 is 10.1 Å². The van der Waals surface area contributed by atoms with E-state index in [1.54, 1.807) is 0 Å². The minimum Gasteiger partial charge on any atom is -0.494 e. The van der Waals surface area contributed by atoms with Crippen LogP contribution in [0.4, 0.5) is 0 Å². The van der Waals surface area contributed by atoms with Crippen LogP contribution in [0.5, 0.6) is 5.75 Å². The van der Waals surface area contributed by atoms with Gasteiger partial charge >= 0.3 is 0 Å². The molecule has 0 aromatic heterocycles. The third-order valence-corrected chi connectivity index (χ3v) is 2.62. The van der Waals surface area contributed by atoms with Gasteiger partial charge in [0.25, 0.3) is 0 Å². The third-order valence-electron chi connectivity index (χ3n) is 2.62. The van der Waals surface area contributed by atoms with Crippen LogP contribution in [-0.2, 0) is 0 Å². The first-order valence-corrected chi connectivity index (χ1v) is 6.27. The zero-order valence-electron chi connectivity index (χ0n) is 10.6. The van der Waals surface area contributed by atoms with Crippen molar-refractivity contribution in [2.45, 2.75) is 39.7 Å². The molecule has 0 heterocycles. The molecule has 0 saturated heterocycles. The number of nitrogens with one attached hydrogen (secondary N) is 1.